The summed E-state index contributed by atoms with van der Waals surface area (Å²) < 4.78 is 5.41. The van der Waals surface area contributed by atoms with Crippen molar-refractivity contribution in [1.29, 1.82) is 0 Å². The normalized spacial score (nSPS) is 34.6. The van der Waals surface area contributed by atoms with Crippen LogP contribution >= 0.6 is 0 Å². The van der Waals surface area contributed by atoms with Crippen LogP contribution < -0.4 is 0 Å². The van der Waals surface area contributed by atoms with Gasteiger partial charge in [0.05, 0.1) is 19.8 Å². The molecular weight excluding hydrogens is 214 g/mol. The molecule has 1 saturated carbocycles. The summed E-state index contributed by atoms with van der Waals surface area (Å²) in [7, 11) is 0. The number of piperidine rings is 1. The second-order valence-corrected chi connectivity index (χ2v) is 5.67. The van der Waals surface area contributed by atoms with Gasteiger partial charge in [-0.3, -0.25) is 4.90 Å². The van der Waals surface area contributed by atoms with Crippen LogP contribution in [0.4, 0.5) is 0 Å². The summed E-state index contributed by atoms with van der Waals surface area (Å²) in [5.41, 5.74) is 0. The second-order valence-electron chi connectivity index (χ2n) is 5.67. The highest BCUT2D eigenvalue weighted by Gasteiger charge is 2.36. The first-order valence-corrected chi connectivity index (χ1v) is 7.25. The summed E-state index contributed by atoms with van der Waals surface area (Å²) >= 11 is 0. The Morgan fingerprint density at radius 2 is 2.00 bits per heavy atom. The van der Waals surface area contributed by atoms with E-state index >= 15 is 0 Å². The number of rotatable bonds is 5. The van der Waals surface area contributed by atoms with Crippen LogP contribution in [0.15, 0.2) is 0 Å². The topological polar surface area (TPSA) is 32.7 Å². The van der Waals surface area contributed by atoms with Gasteiger partial charge in [0.25, 0.3) is 0 Å². The van der Waals surface area contributed by atoms with Crippen molar-refractivity contribution in [3.63, 3.8) is 0 Å². The molecule has 1 aliphatic heterocycles. The Balaban J connectivity index is 1.82. The molecule has 0 unspecified atom stereocenters. The fourth-order valence-corrected chi connectivity index (χ4v) is 3.80. The van der Waals surface area contributed by atoms with Gasteiger partial charge in [-0.25, -0.2) is 0 Å². The van der Waals surface area contributed by atoms with Crippen LogP contribution in [-0.4, -0.2) is 49.0 Å². The Kier molecular flexibility index (Phi) is 5.26. The van der Waals surface area contributed by atoms with Crippen molar-refractivity contribution in [1.82, 2.24) is 4.90 Å². The van der Waals surface area contributed by atoms with Crippen LogP contribution in [0.25, 0.3) is 0 Å². The molecule has 1 saturated heterocycles. The number of nitrogens with zero attached hydrogens (tertiary/aromatic N) is 1. The maximum Gasteiger partial charge on any atom is 0.0698 e. The number of aliphatic hydroxyl groups is 1. The van der Waals surface area contributed by atoms with Gasteiger partial charge in [-0.05, 0) is 44.1 Å². The lowest BCUT2D eigenvalue weighted by Crippen LogP contribution is -2.51. The smallest absolute Gasteiger partial charge is 0.0698 e. The first-order chi connectivity index (χ1) is 8.33. The lowest BCUT2D eigenvalue weighted by molar-refractivity contribution is -0.000751. The van der Waals surface area contributed by atoms with Crippen LogP contribution in [0.5, 0.6) is 0 Å². The highest BCUT2D eigenvalue weighted by atomic mass is 16.5. The van der Waals surface area contributed by atoms with Crippen LogP contribution in [-0.2, 0) is 4.74 Å². The third kappa shape index (κ3) is 3.43. The van der Waals surface area contributed by atoms with E-state index in [-0.39, 0.29) is 6.61 Å². The van der Waals surface area contributed by atoms with Crippen molar-refractivity contribution in [3.05, 3.63) is 0 Å². The quantitative estimate of drug-likeness (QED) is 0.746. The van der Waals surface area contributed by atoms with Gasteiger partial charge >= 0.3 is 0 Å². The van der Waals surface area contributed by atoms with Gasteiger partial charge < -0.3 is 9.84 Å². The molecule has 3 nitrogen and oxygen atoms in total. The summed E-state index contributed by atoms with van der Waals surface area (Å²) in [5.74, 6) is 1.79. The van der Waals surface area contributed by atoms with Gasteiger partial charge in [0.1, 0.15) is 0 Å². The van der Waals surface area contributed by atoms with E-state index in [2.05, 4.69) is 11.8 Å². The molecule has 0 bridgehead atoms. The third-order valence-electron chi connectivity index (χ3n) is 4.50. The highest BCUT2D eigenvalue weighted by molar-refractivity contribution is 4.90. The largest absolute Gasteiger partial charge is 0.394 e. The van der Waals surface area contributed by atoms with Gasteiger partial charge in [0, 0.05) is 12.6 Å². The van der Waals surface area contributed by atoms with Crippen molar-refractivity contribution < 1.29 is 9.84 Å². The van der Waals surface area contributed by atoms with Gasteiger partial charge in [-0.2, -0.15) is 0 Å². The summed E-state index contributed by atoms with van der Waals surface area (Å²) in [6.07, 6.45) is 7.05. The standard InChI is InChI=1S/C14H27NO2/c1-12-4-2-5-13-6-3-7-15(14(12)13)8-10-17-11-9-16/h12-14,16H,2-11H2,1H3/t12-,13-,14+/m1/s1. The molecule has 100 valence electrons. The minimum atomic E-state index is 0.141. The Labute approximate surface area is 105 Å². The average Bonchev–Trinajstić information content (AvgIpc) is 2.35. The molecule has 0 amide bonds. The Hall–Kier alpha value is -0.120. The number of hydrogen-bond acceptors (Lipinski definition) is 3. The van der Waals surface area contributed by atoms with E-state index in [4.69, 9.17) is 9.84 Å². The minimum absolute atomic E-state index is 0.141. The van der Waals surface area contributed by atoms with E-state index in [1.165, 1.54) is 38.6 Å². The molecule has 2 rings (SSSR count). The number of likely N-dealkylation sites (tertiary alicyclic amines) is 1. The first-order valence-electron chi connectivity index (χ1n) is 7.25. The Morgan fingerprint density at radius 3 is 2.82 bits per heavy atom. The predicted octanol–water partition coefficient (Wildman–Crippen LogP) is 1.90. The molecule has 0 aromatic carbocycles. The molecule has 1 heterocycles. The molecule has 17 heavy (non-hydrogen) atoms. The van der Waals surface area contributed by atoms with Crippen LogP contribution in [0.3, 0.4) is 0 Å². The SMILES string of the molecule is C[C@@H]1CCC[C@@H]2CCCN(CCOCCO)[C@H]21. The molecule has 0 aromatic heterocycles. The molecule has 1 aliphatic carbocycles. The van der Waals surface area contributed by atoms with Crippen molar-refractivity contribution in [2.75, 3.05) is 32.9 Å². The molecule has 0 spiro atoms. The number of fused-ring (bicyclic) bond motifs is 1. The van der Waals surface area contributed by atoms with Gasteiger partial charge in [-0.1, -0.05) is 13.3 Å². The Bertz CT molecular complexity index is 220. The van der Waals surface area contributed by atoms with Gasteiger partial charge in [0.2, 0.25) is 0 Å². The lowest BCUT2D eigenvalue weighted by Gasteiger charge is -2.47. The minimum Gasteiger partial charge on any atom is -0.394 e. The van der Waals surface area contributed by atoms with Crippen LogP contribution in [0.1, 0.15) is 39.0 Å². The van der Waals surface area contributed by atoms with Gasteiger partial charge in [-0.15, -0.1) is 0 Å². The van der Waals surface area contributed by atoms with Crippen molar-refractivity contribution in [2.45, 2.75) is 45.1 Å². The maximum absolute atomic E-state index is 8.69. The zero-order valence-electron chi connectivity index (χ0n) is 11.1. The van der Waals surface area contributed by atoms with E-state index in [1.54, 1.807) is 0 Å². The van der Waals surface area contributed by atoms with Crippen molar-refractivity contribution in [2.24, 2.45) is 11.8 Å². The fourth-order valence-electron chi connectivity index (χ4n) is 3.80. The zero-order chi connectivity index (χ0) is 12.1. The monoisotopic (exact) mass is 241 g/mol. The molecule has 0 radical (unpaired) electrons. The Morgan fingerprint density at radius 1 is 1.18 bits per heavy atom. The molecule has 3 heteroatoms. The fraction of sp³-hybridized carbons (Fsp3) is 1.00. The lowest BCUT2D eigenvalue weighted by atomic mass is 9.73. The van der Waals surface area contributed by atoms with E-state index < -0.39 is 0 Å². The average molecular weight is 241 g/mol. The zero-order valence-corrected chi connectivity index (χ0v) is 11.1. The summed E-state index contributed by atoms with van der Waals surface area (Å²) in [4.78, 5) is 2.65. The van der Waals surface area contributed by atoms with E-state index in [9.17, 15) is 0 Å². The maximum atomic E-state index is 8.69. The number of hydrogen-bond donors (Lipinski definition) is 1. The molecule has 3 atom stereocenters. The van der Waals surface area contributed by atoms with Crippen molar-refractivity contribution in [3.8, 4) is 0 Å². The number of ether oxygens (including phenoxy) is 1. The second kappa shape index (κ2) is 6.72. The van der Waals surface area contributed by atoms with Crippen LogP contribution in [0, 0.1) is 11.8 Å². The molecule has 0 aromatic rings. The van der Waals surface area contributed by atoms with E-state index in [0.717, 1.165) is 31.0 Å². The molecule has 1 N–H and O–H groups in total. The first kappa shape index (κ1) is 13.3. The van der Waals surface area contributed by atoms with Crippen LogP contribution in [0.2, 0.25) is 0 Å². The van der Waals surface area contributed by atoms with E-state index in [1.807, 2.05) is 0 Å². The molecule has 2 aliphatic rings. The van der Waals surface area contributed by atoms with Gasteiger partial charge in [0.15, 0.2) is 0 Å². The highest BCUT2D eigenvalue weighted by Crippen LogP contribution is 2.38. The summed E-state index contributed by atoms with van der Waals surface area (Å²) in [6, 6.07) is 0.801. The number of aliphatic hydroxyl groups excluding tert-OH is 1. The molecule has 2 fully saturated rings. The summed E-state index contributed by atoms with van der Waals surface area (Å²) in [6.45, 7) is 6.11. The summed E-state index contributed by atoms with van der Waals surface area (Å²) in [5, 5.41) is 8.69. The predicted molar refractivity (Wildman–Crippen MR) is 69.0 cm³/mol. The van der Waals surface area contributed by atoms with Crippen molar-refractivity contribution >= 4 is 0 Å². The third-order valence-corrected chi connectivity index (χ3v) is 4.50. The van der Waals surface area contributed by atoms with E-state index in [0.29, 0.717) is 6.61 Å². The molecular formula is C14H27NO2.